The fraction of sp³-hybridized carbons (Fsp3) is 0.0909. The largest absolute Gasteiger partial charge is 0.360 e. The van der Waals surface area contributed by atoms with E-state index < -0.39 is 11.8 Å². The molecule has 2 aromatic rings. The minimum absolute atomic E-state index is 0.197. The Morgan fingerprint density at radius 1 is 1.17 bits per heavy atom. The van der Waals surface area contributed by atoms with Gasteiger partial charge in [0.25, 0.3) is 0 Å². The third kappa shape index (κ3) is 2.91. The molecule has 0 aromatic carbocycles. The lowest BCUT2D eigenvalue weighted by Gasteiger charge is -2.03. The average Bonchev–Trinajstić information content (AvgIpc) is 2.76. The highest BCUT2D eigenvalue weighted by atomic mass is 16.5. The average molecular weight is 246 g/mol. The molecule has 0 bridgehead atoms. The summed E-state index contributed by atoms with van der Waals surface area (Å²) in [6.07, 6.45) is 3.02. The van der Waals surface area contributed by atoms with Crippen molar-refractivity contribution in [1.82, 2.24) is 10.1 Å². The first-order valence-corrected chi connectivity index (χ1v) is 5.11. The molecule has 2 amide bonds. The molecule has 92 valence electrons. The minimum atomic E-state index is -0.819. The Balaban J connectivity index is 1.95. The Morgan fingerprint density at radius 2 is 1.83 bits per heavy atom. The van der Waals surface area contributed by atoms with E-state index in [0.717, 1.165) is 0 Å². The van der Waals surface area contributed by atoms with E-state index in [1.165, 1.54) is 18.5 Å². The van der Waals surface area contributed by atoms with Gasteiger partial charge in [-0.1, -0.05) is 5.16 Å². The van der Waals surface area contributed by atoms with Gasteiger partial charge in [0.05, 0.1) is 0 Å². The molecule has 0 unspecified atom stereocenters. The number of hydrogen-bond donors (Lipinski definition) is 2. The summed E-state index contributed by atoms with van der Waals surface area (Å²) in [4.78, 5) is 26.8. The zero-order valence-corrected chi connectivity index (χ0v) is 9.51. The quantitative estimate of drug-likeness (QED) is 0.769. The van der Waals surface area contributed by atoms with Gasteiger partial charge in [-0.2, -0.15) is 0 Å². The molecule has 0 radical (unpaired) electrons. The highest BCUT2D eigenvalue weighted by molar-refractivity contribution is 6.43. The number of aryl methyl sites for hydroxylation is 1. The molecule has 2 aromatic heterocycles. The number of aromatic nitrogens is 2. The summed E-state index contributed by atoms with van der Waals surface area (Å²) in [7, 11) is 0. The number of nitrogens with one attached hydrogen (secondary N) is 2. The summed E-state index contributed by atoms with van der Waals surface area (Å²) in [5.41, 5.74) is 0.487. The van der Waals surface area contributed by atoms with Crippen LogP contribution < -0.4 is 10.6 Å². The van der Waals surface area contributed by atoms with Crippen molar-refractivity contribution in [3.63, 3.8) is 0 Å². The van der Waals surface area contributed by atoms with E-state index in [0.29, 0.717) is 11.4 Å². The van der Waals surface area contributed by atoms with Crippen LogP contribution in [0.5, 0.6) is 0 Å². The Hall–Kier alpha value is -2.70. The molecule has 0 saturated heterocycles. The summed E-state index contributed by atoms with van der Waals surface area (Å²) >= 11 is 0. The van der Waals surface area contributed by atoms with E-state index in [-0.39, 0.29) is 5.82 Å². The van der Waals surface area contributed by atoms with E-state index in [1.54, 1.807) is 19.1 Å². The van der Waals surface area contributed by atoms with Gasteiger partial charge in [-0.05, 0) is 19.1 Å². The molecule has 2 heterocycles. The standard InChI is InChI=1S/C11H10N4O3/c1-7-6-9(15-18-7)14-11(17)10(16)13-8-2-4-12-5-3-8/h2-6H,1H3,(H,12,13,16)(H,14,15,17). The van der Waals surface area contributed by atoms with Gasteiger partial charge < -0.3 is 9.84 Å². The Morgan fingerprint density at radius 3 is 2.44 bits per heavy atom. The van der Waals surface area contributed by atoms with Crippen LogP contribution in [-0.2, 0) is 9.59 Å². The number of carbonyl (C=O) groups excluding carboxylic acids is 2. The predicted octanol–water partition coefficient (Wildman–Crippen LogP) is 0.955. The van der Waals surface area contributed by atoms with E-state index >= 15 is 0 Å². The molecule has 2 rings (SSSR count). The smallest absolute Gasteiger partial charge is 0.315 e. The van der Waals surface area contributed by atoms with Crippen LogP contribution in [0.15, 0.2) is 35.1 Å². The first-order valence-electron chi connectivity index (χ1n) is 5.11. The Bertz CT molecular complexity index is 565. The summed E-state index contributed by atoms with van der Waals surface area (Å²) in [6.45, 7) is 1.68. The van der Waals surface area contributed by atoms with Crippen molar-refractivity contribution in [2.75, 3.05) is 10.6 Å². The van der Waals surface area contributed by atoms with Gasteiger partial charge in [-0.3, -0.25) is 19.9 Å². The first-order chi connectivity index (χ1) is 8.65. The van der Waals surface area contributed by atoms with Crippen LogP contribution >= 0.6 is 0 Å². The van der Waals surface area contributed by atoms with Crippen molar-refractivity contribution in [2.24, 2.45) is 0 Å². The van der Waals surface area contributed by atoms with Crippen LogP contribution in [0.3, 0.4) is 0 Å². The van der Waals surface area contributed by atoms with Crippen LogP contribution in [0.2, 0.25) is 0 Å². The topological polar surface area (TPSA) is 97.1 Å². The zero-order chi connectivity index (χ0) is 13.0. The van der Waals surface area contributed by atoms with Gasteiger partial charge in [0, 0.05) is 24.1 Å². The maximum Gasteiger partial charge on any atom is 0.315 e. The second-order valence-corrected chi connectivity index (χ2v) is 3.47. The maximum atomic E-state index is 11.5. The highest BCUT2D eigenvalue weighted by Gasteiger charge is 2.15. The number of carbonyl (C=O) groups is 2. The van der Waals surface area contributed by atoms with E-state index in [9.17, 15) is 9.59 Å². The fourth-order valence-corrected chi connectivity index (χ4v) is 1.22. The van der Waals surface area contributed by atoms with Crippen molar-refractivity contribution < 1.29 is 14.1 Å². The molecule has 0 saturated carbocycles. The molecule has 2 N–H and O–H groups in total. The van der Waals surface area contributed by atoms with Crippen molar-refractivity contribution in [2.45, 2.75) is 6.92 Å². The van der Waals surface area contributed by atoms with Gasteiger partial charge in [-0.25, -0.2) is 0 Å². The molecular formula is C11H10N4O3. The molecule has 0 aliphatic heterocycles. The van der Waals surface area contributed by atoms with Crippen molar-refractivity contribution in [3.05, 3.63) is 36.4 Å². The van der Waals surface area contributed by atoms with E-state index in [2.05, 4.69) is 20.8 Å². The fourth-order valence-electron chi connectivity index (χ4n) is 1.22. The summed E-state index contributed by atoms with van der Waals surface area (Å²) in [5, 5.41) is 8.28. The van der Waals surface area contributed by atoms with E-state index in [4.69, 9.17) is 4.52 Å². The molecule has 18 heavy (non-hydrogen) atoms. The lowest BCUT2D eigenvalue weighted by molar-refractivity contribution is -0.133. The van der Waals surface area contributed by atoms with Gasteiger partial charge in [0.15, 0.2) is 5.82 Å². The normalized spacial score (nSPS) is 9.83. The van der Waals surface area contributed by atoms with Gasteiger partial charge in [-0.15, -0.1) is 0 Å². The Kier molecular flexibility index (Phi) is 3.33. The molecule has 7 nitrogen and oxygen atoms in total. The van der Waals surface area contributed by atoms with Crippen LogP contribution in [0.25, 0.3) is 0 Å². The number of nitrogens with zero attached hydrogens (tertiary/aromatic N) is 2. The van der Waals surface area contributed by atoms with Crippen LogP contribution in [0.4, 0.5) is 11.5 Å². The van der Waals surface area contributed by atoms with Crippen molar-refractivity contribution in [3.8, 4) is 0 Å². The zero-order valence-electron chi connectivity index (χ0n) is 9.51. The molecule has 0 fully saturated rings. The summed E-state index contributed by atoms with van der Waals surface area (Å²) in [6, 6.07) is 4.66. The molecule has 7 heteroatoms. The van der Waals surface area contributed by atoms with Crippen molar-refractivity contribution >= 4 is 23.3 Å². The molecule has 0 aliphatic rings. The third-order valence-corrected chi connectivity index (χ3v) is 2.01. The number of rotatable bonds is 2. The SMILES string of the molecule is Cc1cc(NC(=O)C(=O)Nc2ccncc2)no1. The predicted molar refractivity (Wildman–Crippen MR) is 62.7 cm³/mol. The number of pyridine rings is 1. The monoisotopic (exact) mass is 246 g/mol. The number of anilines is 2. The summed E-state index contributed by atoms with van der Waals surface area (Å²) in [5.74, 6) is -0.871. The highest BCUT2D eigenvalue weighted by Crippen LogP contribution is 2.07. The number of hydrogen-bond acceptors (Lipinski definition) is 5. The van der Waals surface area contributed by atoms with E-state index in [1.807, 2.05) is 0 Å². The van der Waals surface area contributed by atoms with Gasteiger partial charge in [0.2, 0.25) is 0 Å². The van der Waals surface area contributed by atoms with Crippen LogP contribution in [0.1, 0.15) is 5.76 Å². The van der Waals surface area contributed by atoms with Crippen molar-refractivity contribution in [1.29, 1.82) is 0 Å². The lowest BCUT2D eigenvalue weighted by atomic mass is 10.4. The molecule has 0 atom stereocenters. The molecule has 0 spiro atoms. The lowest BCUT2D eigenvalue weighted by Crippen LogP contribution is -2.29. The van der Waals surface area contributed by atoms with Gasteiger partial charge in [0.1, 0.15) is 5.76 Å². The summed E-state index contributed by atoms with van der Waals surface area (Å²) < 4.78 is 4.76. The molecule has 0 aliphatic carbocycles. The maximum absolute atomic E-state index is 11.5. The van der Waals surface area contributed by atoms with Crippen LogP contribution in [-0.4, -0.2) is 22.0 Å². The first kappa shape index (κ1) is 11.8. The Labute approximate surface area is 102 Å². The van der Waals surface area contributed by atoms with Crippen LogP contribution in [0, 0.1) is 6.92 Å². The second-order valence-electron chi connectivity index (χ2n) is 3.47. The van der Waals surface area contributed by atoms with Gasteiger partial charge >= 0.3 is 11.8 Å². The molecular weight excluding hydrogens is 236 g/mol. The third-order valence-electron chi connectivity index (χ3n) is 2.01. The minimum Gasteiger partial charge on any atom is -0.360 e. The second kappa shape index (κ2) is 5.09. The number of amides is 2.